The molecule has 7 nitrogen and oxygen atoms in total. The molecule has 0 bridgehead atoms. The summed E-state index contributed by atoms with van der Waals surface area (Å²) >= 11 is 0. The zero-order valence-electron chi connectivity index (χ0n) is 16.0. The molecule has 2 atom stereocenters. The molecule has 3 heterocycles. The van der Waals surface area contributed by atoms with Gasteiger partial charge in [0.15, 0.2) is 0 Å². The number of rotatable bonds is 6. The van der Waals surface area contributed by atoms with Crippen molar-refractivity contribution in [3.05, 3.63) is 29.7 Å². The Morgan fingerprint density at radius 1 is 1.32 bits per heavy atom. The second-order valence-corrected chi connectivity index (χ2v) is 7.66. The molecule has 7 heteroatoms. The van der Waals surface area contributed by atoms with Crippen molar-refractivity contribution in [3.8, 4) is 0 Å². The van der Waals surface area contributed by atoms with Crippen LogP contribution in [-0.2, 0) is 13.6 Å². The Bertz CT molecular complexity index is 679. The molecular formula is C18H30N6O. The standard InChI is InChI=1S/C18H30N6O/c1-13(2)18-21-20-16(25-18)12-22(3)10-14-7-6-8-23(4)17(14)15-9-19-24(5)11-15/h9,11,13-14,17H,6-8,10,12H2,1-5H3/t14-,17+/m0/s1. The molecule has 0 radical (unpaired) electrons. The first-order valence-corrected chi connectivity index (χ1v) is 9.13. The van der Waals surface area contributed by atoms with E-state index < -0.39 is 0 Å². The zero-order valence-corrected chi connectivity index (χ0v) is 16.0. The molecule has 25 heavy (non-hydrogen) atoms. The Labute approximate surface area is 150 Å². The minimum absolute atomic E-state index is 0.272. The highest BCUT2D eigenvalue weighted by molar-refractivity contribution is 5.13. The van der Waals surface area contributed by atoms with Gasteiger partial charge in [-0.15, -0.1) is 10.2 Å². The summed E-state index contributed by atoms with van der Waals surface area (Å²) in [5.41, 5.74) is 1.31. The van der Waals surface area contributed by atoms with Crippen LogP contribution in [0.15, 0.2) is 16.8 Å². The predicted molar refractivity (Wildman–Crippen MR) is 96.0 cm³/mol. The molecule has 0 aromatic carbocycles. The van der Waals surface area contributed by atoms with E-state index in [1.54, 1.807) is 0 Å². The fourth-order valence-corrected chi connectivity index (χ4v) is 3.83. The molecule has 2 aromatic heterocycles. The SMILES string of the molecule is CC(C)c1nnc(CN(C)C[C@@H]2CCCN(C)[C@H]2c2cnn(C)c2)o1. The molecule has 0 spiro atoms. The van der Waals surface area contributed by atoms with Gasteiger partial charge < -0.3 is 4.42 Å². The van der Waals surface area contributed by atoms with E-state index in [0.29, 0.717) is 30.3 Å². The van der Waals surface area contributed by atoms with E-state index in [2.05, 4.69) is 59.2 Å². The van der Waals surface area contributed by atoms with E-state index in [4.69, 9.17) is 4.42 Å². The molecule has 138 valence electrons. The third-order valence-corrected chi connectivity index (χ3v) is 5.00. The van der Waals surface area contributed by atoms with E-state index in [-0.39, 0.29) is 5.92 Å². The topological polar surface area (TPSA) is 63.2 Å². The van der Waals surface area contributed by atoms with Crippen molar-refractivity contribution in [3.63, 3.8) is 0 Å². The van der Waals surface area contributed by atoms with Crippen LogP contribution in [0, 0.1) is 5.92 Å². The van der Waals surface area contributed by atoms with Crippen LogP contribution in [0.1, 0.15) is 56.0 Å². The van der Waals surface area contributed by atoms with E-state index in [9.17, 15) is 0 Å². The Kier molecular flexibility index (Phi) is 5.54. The summed E-state index contributed by atoms with van der Waals surface area (Å²) in [6, 6.07) is 0.416. The normalized spacial score (nSPS) is 22.2. The summed E-state index contributed by atoms with van der Waals surface area (Å²) < 4.78 is 7.65. The first-order chi connectivity index (χ1) is 11.9. The molecule has 3 rings (SSSR count). The summed E-state index contributed by atoms with van der Waals surface area (Å²) in [5, 5.41) is 12.7. The number of aryl methyl sites for hydroxylation is 1. The maximum absolute atomic E-state index is 5.75. The second-order valence-electron chi connectivity index (χ2n) is 7.66. The van der Waals surface area contributed by atoms with E-state index in [1.807, 2.05) is 17.9 Å². The van der Waals surface area contributed by atoms with Gasteiger partial charge in [0, 0.05) is 37.3 Å². The zero-order chi connectivity index (χ0) is 18.0. The second kappa shape index (κ2) is 7.66. The minimum atomic E-state index is 0.272. The smallest absolute Gasteiger partial charge is 0.230 e. The van der Waals surface area contributed by atoms with Crippen molar-refractivity contribution in [1.29, 1.82) is 0 Å². The van der Waals surface area contributed by atoms with E-state index in [0.717, 1.165) is 13.1 Å². The summed E-state index contributed by atoms with van der Waals surface area (Å²) in [7, 11) is 6.33. The molecule has 0 N–H and O–H groups in total. The van der Waals surface area contributed by atoms with E-state index in [1.165, 1.54) is 18.4 Å². The third kappa shape index (κ3) is 4.27. The van der Waals surface area contributed by atoms with Gasteiger partial charge in [-0.2, -0.15) is 5.10 Å². The first-order valence-electron chi connectivity index (χ1n) is 9.13. The number of likely N-dealkylation sites (tertiary alicyclic amines) is 1. The van der Waals surface area contributed by atoms with Gasteiger partial charge >= 0.3 is 0 Å². The van der Waals surface area contributed by atoms with Crippen LogP contribution in [0.5, 0.6) is 0 Å². The van der Waals surface area contributed by atoms with Crippen molar-refractivity contribution >= 4 is 0 Å². The van der Waals surface area contributed by atoms with Gasteiger partial charge in [-0.1, -0.05) is 13.8 Å². The van der Waals surface area contributed by atoms with Crippen LogP contribution in [0.25, 0.3) is 0 Å². The summed E-state index contributed by atoms with van der Waals surface area (Å²) in [4.78, 5) is 4.76. The predicted octanol–water partition coefficient (Wildman–Crippen LogP) is 2.44. The van der Waals surface area contributed by atoms with Crippen LogP contribution >= 0.6 is 0 Å². The maximum Gasteiger partial charge on any atom is 0.230 e. The number of piperidine rings is 1. The number of hydrogen-bond donors (Lipinski definition) is 0. The van der Waals surface area contributed by atoms with Gasteiger partial charge in [0.2, 0.25) is 11.8 Å². The van der Waals surface area contributed by atoms with Crippen LogP contribution in [-0.4, -0.2) is 57.0 Å². The molecule has 1 aliphatic heterocycles. The van der Waals surface area contributed by atoms with Crippen molar-refractivity contribution < 1.29 is 4.42 Å². The molecule has 0 aliphatic carbocycles. The molecule has 0 saturated carbocycles. The Balaban J connectivity index is 1.66. The Morgan fingerprint density at radius 3 is 2.76 bits per heavy atom. The highest BCUT2D eigenvalue weighted by atomic mass is 16.4. The highest BCUT2D eigenvalue weighted by Gasteiger charge is 2.32. The van der Waals surface area contributed by atoms with Crippen LogP contribution in [0.3, 0.4) is 0 Å². The third-order valence-electron chi connectivity index (χ3n) is 5.00. The lowest BCUT2D eigenvalue weighted by Gasteiger charge is -2.40. The average Bonchev–Trinajstić information content (AvgIpc) is 3.16. The molecule has 2 aromatic rings. The number of hydrogen-bond acceptors (Lipinski definition) is 6. The number of nitrogens with zero attached hydrogens (tertiary/aromatic N) is 6. The minimum Gasteiger partial charge on any atom is -0.424 e. The molecule has 1 aliphatic rings. The quantitative estimate of drug-likeness (QED) is 0.800. The van der Waals surface area contributed by atoms with Crippen LogP contribution < -0.4 is 0 Å². The maximum atomic E-state index is 5.75. The van der Waals surface area contributed by atoms with Crippen molar-refractivity contribution in [2.45, 2.75) is 45.2 Å². The van der Waals surface area contributed by atoms with Crippen molar-refractivity contribution in [1.82, 2.24) is 29.8 Å². The Hall–Kier alpha value is -1.73. The van der Waals surface area contributed by atoms with Crippen LogP contribution in [0.2, 0.25) is 0 Å². The van der Waals surface area contributed by atoms with Crippen LogP contribution in [0.4, 0.5) is 0 Å². The van der Waals surface area contributed by atoms with Crippen molar-refractivity contribution in [2.24, 2.45) is 13.0 Å². The van der Waals surface area contributed by atoms with E-state index >= 15 is 0 Å². The van der Waals surface area contributed by atoms with Gasteiger partial charge in [0.25, 0.3) is 0 Å². The first kappa shape index (κ1) is 18.1. The van der Waals surface area contributed by atoms with Gasteiger partial charge in [0.05, 0.1) is 12.7 Å². The molecule has 1 saturated heterocycles. The van der Waals surface area contributed by atoms with Gasteiger partial charge in [-0.3, -0.25) is 14.5 Å². The largest absolute Gasteiger partial charge is 0.424 e. The van der Waals surface area contributed by atoms with Gasteiger partial charge in [0.1, 0.15) is 0 Å². The highest BCUT2D eigenvalue weighted by Crippen LogP contribution is 2.35. The fourth-order valence-electron chi connectivity index (χ4n) is 3.83. The fraction of sp³-hybridized carbons (Fsp3) is 0.722. The van der Waals surface area contributed by atoms with Crippen molar-refractivity contribution in [2.75, 3.05) is 27.2 Å². The summed E-state index contributed by atoms with van der Waals surface area (Å²) in [6.45, 7) is 6.97. The molecule has 0 unspecified atom stereocenters. The lowest BCUT2D eigenvalue weighted by atomic mass is 9.86. The lowest BCUT2D eigenvalue weighted by molar-refractivity contribution is 0.0900. The van der Waals surface area contributed by atoms with Gasteiger partial charge in [-0.25, -0.2) is 0 Å². The lowest BCUT2D eigenvalue weighted by Crippen LogP contribution is -2.40. The molecule has 1 fully saturated rings. The van der Waals surface area contributed by atoms with Gasteiger partial charge in [-0.05, 0) is 39.4 Å². The monoisotopic (exact) mass is 346 g/mol. The summed E-state index contributed by atoms with van der Waals surface area (Å²) in [5.74, 6) is 2.26. The molecular weight excluding hydrogens is 316 g/mol. The average molecular weight is 346 g/mol. The molecule has 0 amide bonds. The summed E-state index contributed by atoms with van der Waals surface area (Å²) in [6.07, 6.45) is 6.62. The Morgan fingerprint density at radius 2 is 2.12 bits per heavy atom. The number of aromatic nitrogens is 4.